The topological polar surface area (TPSA) is 30.5 Å². The van der Waals surface area contributed by atoms with Crippen molar-refractivity contribution >= 4 is 0 Å². The minimum Gasteiger partial charge on any atom is -0.381 e. The summed E-state index contributed by atoms with van der Waals surface area (Å²) in [5.74, 6) is 0. The molecule has 2 fully saturated rings. The van der Waals surface area contributed by atoms with Crippen LogP contribution in [0.2, 0.25) is 0 Å². The van der Waals surface area contributed by atoms with Gasteiger partial charge >= 0.3 is 0 Å². The highest BCUT2D eigenvalue weighted by Gasteiger charge is 2.36. The van der Waals surface area contributed by atoms with Crippen LogP contribution >= 0.6 is 0 Å². The van der Waals surface area contributed by atoms with Crippen molar-refractivity contribution in [1.29, 1.82) is 0 Å². The van der Waals surface area contributed by atoms with E-state index in [1.165, 1.54) is 32.1 Å². The molecule has 88 valence electrons. The van der Waals surface area contributed by atoms with Crippen LogP contribution in [0, 0.1) is 5.41 Å². The van der Waals surface area contributed by atoms with E-state index in [0.717, 1.165) is 26.4 Å². The fourth-order valence-corrected chi connectivity index (χ4v) is 2.95. The molecule has 0 saturated carbocycles. The smallest absolute Gasteiger partial charge is 0.0582 e. The highest BCUT2D eigenvalue weighted by molar-refractivity contribution is 4.87. The third-order valence-electron chi connectivity index (χ3n) is 3.64. The minimum atomic E-state index is 0.335. The van der Waals surface area contributed by atoms with E-state index in [0.29, 0.717) is 11.5 Å². The molecule has 15 heavy (non-hydrogen) atoms. The van der Waals surface area contributed by atoms with E-state index in [1.54, 1.807) is 0 Å². The molecule has 3 heteroatoms. The summed E-state index contributed by atoms with van der Waals surface area (Å²) in [4.78, 5) is 0. The molecule has 0 aromatic heterocycles. The highest BCUT2D eigenvalue weighted by Crippen LogP contribution is 2.35. The van der Waals surface area contributed by atoms with Crippen molar-refractivity contribution in [2.75, 3.05) is 33.4 Å². The molecule has 0 spiro atoms. The Morgan fingerprint density at radius 1 is 1.33 bits per heavy atom. The van der Waals surface area contributed by atoms with Gasteiger partial charge in [0, 0.05) is 25.2 Å². The van der Waals surface area contributed by atoms with Crippen molar-refractivity contribution < 1.29 is 9.47 Å². The average molecular weight is 213 g/mol. The van der Waals surface area contributed by atoms with Crippen LogP contribution in [0.4, 0.5) is 0 Å². The zero-order valence-electron chi connectivity index (χ0n) is 9.76. The van der Waals surface area contributed by atoms with Crippen LogP contribution in [0.5, 0.6) is 0 Å². The van der Waals surface area contributed by atoms with Crippen molar-refractivity contribution in [2.24, 2.45) is 5.41 Å². The van der Waals surface area contributed by atoms with Crippen LogP contribution < -0.4 is 5.32 Å². The van der Waals surface area contributed by atoms with Crippen LogP contribution in [-0.4, -0.2) is 39.5 Å². The maximum Gasteiger partial charge on any atom is 0.0582 e. The van der Waals surface area contributed by atoms with E-state index >= 15 is 0 Å². The molecule has 1 N–H and O–H groups in total. The molecule has 0 radical (unpaired) electrons. The van der Waals surface area contributed by atoms with Gasteiger partial charge < -0.3 is 14.8 Å². The lowest BCUT2D eigenvalue weighted by atomic mass is 9.77. The lowest BCUT2D eigenvalue weighted by Gasteiger charge is -2.38. The first-order valence-corrected chi connectivity index (χ1v) is 6.19. The molecular formula is C12H23NO2. The van der Waals surface area contributed by atoms with Gasteiger partial charge in [0.05, 0.1) is 12.7 Å². The molecule has 3 nitrogen and oxygen atoms in total. The SMILES string of the molecule is CNCC1(CC2CCCO2)CCCOC1. The van der Waals surface area contributed by atoms with Gasteiger partial charge in [-0.1, -0.05) is 0 Å². The van der Waals surface area contributed by atoms with Crippen LogP contribution in [0.25, 0.3) is 0 Å². The highest BCUT2D eigenvalue weighted by atomic mass is 16.5. The first-order chi connectivity index (χ1) is 7.35. The normalized spacial score (nSPS) is 37.0. The number of hydrogen-bond acceptors (Lipinski definition) is 3. The van der Waals surface area contributed by atoms with Crippen LogP contribution in [0.15, 0.2) is 0 Å². The van der Waals surface area contributed by atoms with E-state index in [1.807, 2.05) is 7.05 Å². The van der Waals surface area contributed by atoms with Gasteiger partial charge in [-0.15, -0.1) is 0 Å². The number of hydrogen-bond donors (Lipinski definition) is 1. The van der Waals surface area contributed by atoms with Crippen LogP contribution in [0.3, 0.4) is 0 Å². The quantitative estimate of drug-likeness (QED) is 0.769. The largest absolute Gasteiger partial charge is 0.381 e. The summed E-state index contributed by atoms with van der Waals surface area (Å²) < 4.78 is 11.4. The van der Waals surface area contributed by atoms with E-state index in [2.05, 4.69) is 5.32 Å². The summed E-state index contributed by atoms with van der Waals surface area (Å²) in [6.07, 6.45) is 6.63. The predicted molar refractivity (Wildman–Crippen MR) is 60.0 cm³/mol. The Balaban J connectivity index is 1.90. The second-order valence-electron chi connectivity index (χ2n) is 5.03. The van der Waals surface area contributed by atoms with Crippen molar-refractivity contribution in [3.05, 3.63) is 0 Å². The molecule has 0 amide bonds. The van der Waals surface area contributed by atoms with Crippen molar-refractivity contribution in [2.45, 2.75) is 38.2 Å². The molecule has 2 atom stereocenters. The van der Waals surface area contributed by atoms with E-state index in [-0.39, 0.29) is 0 Å². The Bertz CT molecular complexity index is 179. The lowest BCUT2D eigenvalue weighted by Crippen LogP contribution is -2.42. The van der Waals surface area contributed by atoms with Crippen LogP contribution in [0.1, 0.15) is 32.1 Å². The molecule has 0 aromatic rings. The van der Waals surface area contributed by atoms with Crippen LogP contribution in [-0.2, 0) is 9.47 Å². The van der Waals surface area contributed by atoms with Gasteiger partial charge in [-0.2, -0.15) is 0 Å². The second-order valence-corrected chi connectivity index (χ2v) is 5.03. The second kappa shape index (κ2) is 5.28. The monoisotopic (exact) mass is 213 g/mol. The summed E-state index contributed by atoms with van der Waals surface area (Å²) >= 11 is 0. The van der Waals surface area contributed by atoms with Gasteiger partial charge in [0.25, 0.3) is 0 Å². The van der Waals surface area contributed by atoms with Gasteiger partial charge in [0.1, 0.15) is 0 Å². The zero-order valence-corrected chi connectivity index (χ0v) is 9.76. The van der Waals surface area contributed by atoms with Gasteiger partial charge in [0.15, 0.2) is 0 Å². The third-order valence-corrected chi connectivity index (χ3v) is 3.64. The first kappa shape index (κ1) is 11.4. The molecule has 2 aliphatic heterocycles. The summed E-state index contributed by atoms with van der Waals surface area (Å²) in [5, 5.41) is 3.32. The van der Waals surface area contributed by atoms with Gasteiger partial charge in [-0.25, -0.2) is 0 Å². The van der Waals surface area contributed by atoms with E-state index in [9.17, 15) is 0 Å². The maximum atomic E-state index is 5.74. The molecule has 2 aliphatic rings. The fourth-order valence-electron chi connectivity index (χ4n) is 2.95. The Morgan fingerprint density at radius 2 is 2.27 bits per heavy atom. The number of rotatable bonds is 4. The minimum absolute atomic E-state index is 0.335. The number of nitrogens with one attached hydrogen (secondary N) is 1. The first-order valence-electron chi connectivity index (χ1n) is 6.19. The molecule has 2 heterocycles. The molecule has 2 unspecified atom stereocenters. The van der Waals surface area contributed by atoms with Gasteiger partial charge in [0.2, 0.25) is 0 Å². The Kier molecular flexibility index (Phi) is 4.00. The third kappa shape index (κ3) is 2.92. The zero-order chi connectivity index (χ0) is 10.6. The van der Waals surface area contributed by atoms with Gasteiger partial charge in [-0.3, -0.25) is 0 Å². The fraction of sp³-hybridized carbons (Fsp3) is 1.00. The summed E-state index contributed by atoms with van der Waals surface area (Å²) in [6, 6.07) is 0. The summed E-state index contributed by atoms with van der Waals surface area (Å²) in [5.41, 5.74) is 0.335. The average Bonchev–Trinajstić information content (AvgIpc) is 2.72. The number of ether oxygens (including phenoxy) is 2. The van der Waals surface area contributed by atoms with E-state index < -0.39 is 0 Å². The Hall–Kier alpha value is -0.120. The van der Waals surface area contributed by atoms with E-state index in [4.69, 9.17) is 9.47 Å². The summed E-state index contributed by atoms with van der Waals surface area (Å²) in [6.45, 7) is 3.87. The molecular weight excluding hydrogens is 190 g/mol. The molecule has 0 aliphatic carbocycles. The molecule has 0 aromatic carbocycles. The van der Waals surface area contributed by atoms with Gasteiger partial charge in [-0.05, 0) is 39.2 Å². The molecule has 2 rings (SSSR count). The standard InChI is InChI=1S/C12H23NO2/c1-13-9-12(5-3-6-14-10-12)8-11-4-2-7-15-11/h11,13H,2-10H2,1H3. The predicted octanol–water partition coefficient (Wildman–Crippen LogP) is 1.57. The van der Waals surface area contributed by atoms with Crippen molar-refractivity contribution in [3.63, 3.8) is 0 Å². The summed E-state index contributed by atoms with van der Waals surface area (Å²) in [7, 11) is 2.03. The van der Waals surface area contributed by atoms with Crippen molar-refractivity contribution in [1.82, 2.24) is 5.32 Å². The Morgan fingerprint density at radius 3 is 2.87 bits per heavy atom. The lowest BCUT2D eigenvalue weighted by molar-refractivity contribution is -0.0381. The molecule has 0 bridgehead atoms. The molecule has 2 saturated heterocycles. The maximum absolute atomic E-state index is 5.74. The van der Waals surface area contributed by atoms with Crippen molar-refractivity contribution in [3.8, 4) is 0 Å². The Labute approximate surface area is 92.5 Å².